The van der Waals surface area contributed by atoms with Gasteiger partial charge in [0, 0.05) is 43.9 Å². The lowest BCUT2D eigenvalue weighted by molar-refractivity contribution is 1.07. The molecule has 5 heteroatoms. The predicted octanol–water partition coefficient (Wildman–Crippen LogP) is 10.5. The number of nitrogens with zero attached hydrogens (tertiary/aromatic N) is 5. The highest BCUT2D eigenvalue weighted by atomic mass is 15.0. The molecule has 0 aliphatic carbocycles. The minimum atomic E-state index is 0.633. The molecule has 0 aliphatic rings. The fraction of sp³-hybridized carbons (Fsp3) is 0. The number of fused-ring (bicyclic) bond motifs is 10. The first kappa shape index (κ1) is 26.6. The highest BCUT2D eigenvalue weighted by Crippen LogP contribution is 2.41. The van der Waals surface area contributed by atoms with Gasteiger partial charge in [0.1, 0.15) is 0 Å². The summed E-state index contributed by atoms with van der Waals surface area (Å²) in [6.45, 7) is 0. The van der Waals surface area contributed by atoms with Gasteiger partial charge in [-0.15, -0.1) is 0 Å². The van der Waals surface area contributed by atoms with Crippen LogP contribution in [0.4, 0.5) is 0 Å². The quantitative estimate of drug-likeness (QED) is 0.198. The molecule has 0 saturated carbocycles. The van der Waals surface area contributed by atoms with Gasteiger partial charge < -0.3 is 8.97 Å². The van der Waals surface area contributed by atoms with Crippen LogP contribution < -0.4 is 0 Å². The fourth-order valence-corrected chi connectivity index (χ4v) is 7.19. The maximum Gasteiger partial charge on any atom is 0.164 e. The van der Waals surface area contributed by atoms with Crippen LogP contribution in [0.1, 0.15) is 0 Å². The molecule has 0 amide bonds. The normalized spacial score (nSPS) is 11.8. The SMILES string of the molecule is c1ccc(-c2nc(-c3ccccc3)nc(-c3cccc(-n4c5ccccc5c5c4c4ccccc4c4cc6ccccc6n45)c3)n2)cc1. The molecule has 0 saturated heterocycles. The average molecular weight is 614 g/mol. The van der Waals surface area contributed by atoms with Crippen molar-refractivity contribution in [2.75, 3.05) is 0 Å². The van der Waals surface area contributed by atoms with Gasteiger partial charge >= 0.3 is 0 Å². The molecule has 0 unspecified atom stereocenters. The van der Waals surface area contributed by atoms with Crippen molar-refractivity contribution >= 4 is 49.1 Å². The maximum atomic E-state index is 5.03. The van der Waals surface area contributed by atoms with E-state index in [-0.39, 0.29) is 0 Å². The van der Waals surface area contributed by atoms with E-state index in [1.54, 1.807) is 0 Å². The Morgan fingerprint density at radius 3 is 1.60 bits per heavy atom. The monoisotopic (exact) mass is 613 g/mol. The topological polar surface area (TPSA) is 48.0 Å². The molecule has 0 atom stereocenters. The summed E-state index contributed by atoms with van der Waals surface area (Å²) in [5.74, 6) is 1.93. The van der Waals surface area contributed by atoms with Gasteiger partial charge in [0.15, 0.2) is 17.5 Å². The number of para-hydroxylation sites is 2. The Morgan fingerprint density at radius 2 is 0.896 bits per heavy atom. The highest BCUT2D eigenvalue weighted by Gasteiger charge is 2.21. The molecule has 0 radical (unpaired) electrons. The van der Waals surface area contributed by atoms with Gasteiger partial charge in [0.2, 0.25) is 0 Å². The lowest BCUT2D eigenvalue weighted by Crippen LogP contribution is -2.01. The molecule has 4 aromatic heterocycles. The Bertz CT molecular complexity index is 2770. The molecular weight excluding hydrogens is 587 g/mol. The third-order valence-electron chi connectivity index (χ3n) is 9.30. The van der Waals surface area contributed by atoms with Gasteiger partial charge in [-0.1, -0.05) is 133 Å². The number of rotatable bonds is 4. The Hall–Kier alpha value is -6.59. The minimum absolute atomic E-state index is 0.633. The van der Waals surface area contributed by atoms with Crippen molar-refractivity contribution in [3.05, 3.63) is 164 Å². The average Bonchev–Trinajstić information content (AvgIpc) is 3.72. The minimum Gasteiger partial charge on any atom is -0.307 e. The largest absolute Gasteiger partial charge is 0.307 e. The van der Waals surface area contributed by atoms with Crippen LogP contribution in [0, 0.1) is 0 Å². The van der Waals surface area contributed by atoms with E-state index >= 15 is 0 Å². The molecule has 6 aromatic carbocycles. The van der Waals surface area contributed by atoms with E-state index in [2.05, 4.69) is 112 Å². The first-order valence-electron chi connectivity index (χ1n) is 16.1. The number of hydrogen-bond donors (Lipinski definition) is 0. The van der Waals surface area contributed by atoms with Gasteiger partial charge in [0.25, 0.3) is 0 Å². The molecule has 48 heavy (non-hydrogen) atoms. The summed E-state index contributed by atoms with van der Waals surface area (Å²) in [6.07, 6.45) is 0. The van der Waals surface area contributed by atoms with E-state index in [0.29, 0.717) is 17.5 Å². The van der Waals surface area contributed by atoms with Gasteiger partial charge in [-0.25, -0.2) is 15.0 Å². The van der Waals surface area contributed by atoms with Gasteiger partial charge in [0.05, 0.1) is 27.6 Å². The summed E-state index contributed by atoms with van der Waals surface area (Å²) in [7, 11) is 0. The molecule has 0 N–H and O–H groups in total. The molecule has 0 spiro atoms. The second kappa shape index (κ2) is 10.5. The molecule has 0 bridgehead atoms. The third-order valence-corrected chi connectivity index (χ3v) is 9.30. The second-order valence-electron chi connectivity index (χ2n) is 12.1. The Morgan fingerprint density at radius 1 is 0.354 bits per heavy atom. The molecule has 0 fully saturated rings. The Labute approximate surface area is 276 Å². The van der Waals surface area contributed by atoms with Crippen molar-refractivity contribution < 1.29 is 0 Å². The Kier molecular flexibility index (Phi) is 5.81. The smallest absolute Gasteiger partial charge is 0.164 e. The van der Waals surface area contributed by atoms with E-state index in [9.17, 15) is 0 Å². The van der Waals surface area contributed by atoms with Gasteiger partial charge in [-0.2, -0.15) is 0 Å². The van der Waals surface area contributed by atoms with Crippen molar-refractivity contribution in [3.8, 4) is 39.9 Å². The zero-order valence-corrected chi connectivity index (χ0v) is 25.8. The summed E-state index contributed by atoms with van der Waals surface area (Å²) in [4.78, 5) is 15.0. The number of pyridine rings is 1. The van der Waals surface area contributed by atoms with Crippen molar-refractivity contribution in [3.63, 3.8) is 0 Å². The summed E-state index contributed by atoms with van der Waals surface area (Å²) in [5, 5.41) is 4.86. The lowest BCUT2D eigenvalue weighted by Gasteiger charge is -2.13. The zero-order valence-electron chi connectivity index (χ0n) is 25.8. The van der Waals surface area contributed by atoms with Crippen LogP contribution in [0.5, 0.6) is 0 Å². The van der Waals surface area contributed by atoms with E-state index in [1.165, 1.54) is 43.6 Å². The first-order valence-corrected chi connectivity index (χ1v) is 16.1. The molecule has 4 heterocycles. The number of hydrogen-bond acceptors (Lipinski definition) is 3. The first-order chi connectivity index (χ1) is 23.8. The Balaban J connectivity index is 1.27. The molecule has 10 rings (SSSR count). The van der Waals surface area contributed by atoms with Crippen LogP contribution in [-0.2, 0) is 0 Å². The van der Waals surface area contributed by atoms with Gasteiger partial charge in [-0.3, -0.25) is 0 Å². The maximum absolute atomic E-state index is 5.03. The van der Waals surface area contributed by atoms with Crippen molar-refractivity contribution in [2.45, 2.75) is 0 Å². The van der Waals surface area contributed by atoms with Crippen LogP contribution in [0.15, 0.2) is 164 Å². The van der Waals surface area contributed by atoms with Crippen LogP contribution in [0.2, 0.25) is 0 Å². The van der Waals surface area contributed by atoms with E-state index in [4.69, 9.17) is 15.0 Å². The van der Waals surface area contributed by atoms with Crippen molar-refractivity contribution in [1.29, 1.82) is 0 Å². The third kappa shape index (κ3) is 4.01. The summed E-state index contributed by atoms with van der Waals surface area (Å²) in [5.41, 5.74) is 9.79. The number of aromatic nitrogens is 5. The fourth-order valence-electron chi connectivity index (χ4n) is 7.19. The van der Waals surface area contributed by atoms with Crippen molar-refractivity contribution in [1.82, 2.24) is 23.9 Å². The summed E-state index contributed by atoms with van der Waals surface area (Å²) in [6, 6.07) is 57.3. The standard InChI is InChI=1S/C43H27N5/c1-3-14-28(15-4-1)41-44-42(29-16-5-2-6-17-29)46-43(45-41)31-19-13-20-32(26-31)47-37-25-12-10-23-35(37)40-39(47)34-22-9-8-21-33(34)38-27-30-18-7-11-24-36(30)48(38)40/h1-27H. The summed E-state index contributed by atoms with van der Waals surface area (Å²) < 4.78 is 4.85. The molecule has 0 aliphatic heterocycles. The van der Waals surface area contributed by atoms with E-state index in [0.717, 1.165) is 27.9 Å². The second-order valence-corrected chi connectivity index (χ2v) is 12.1. The van der Waals surface area contributed by atoms with Crippen LogP contribution in [-0.4, -0.2) is 23.9 Å². The molecule has 10 aromatic rings. The predicted molar refractivity (Wildman–Crippen MR) is 196 cm³/mol. The van der Waals surface area contributed by atoms with Gasteiger partial charge in [-0.05, 0) is 30.3 Å². The molecule has 224 valence electrons. The number of benzene rings is 6. The van der Waals surface area contributed by atoms with Crippen LogP contribution in [0.25, 0.3) is 89.0 Å². The summed E-state index contributed by atoms with van der Waals surface area (Å²) >= 11 is 0. The molecular formula is C43H27N5. The highest BCUT2D eigenvalue weighted by molar-refractivity contribution is 6.22. The lowest BCUT2D eigenvalue weighted by atomic mass is 10.1. The molecule has 5 nitrogen and oxygen atoms in total. The van der Waals surface area contributed by atoms with Crippen LogP contribution >= 0.6 is 0 Å². The van der Waals surface area contributed by atoms with Crippen LogP contribution in [0.3, 0.4) is 0 Å². The van der Waals surface area contributed by atoms with Crippen molar-refractivity contribution in [2.24, 2.45) is 0 Å². The zero-order chi connectivity index (χ0) is 31.6. The van der Waals surface area contributed by atoms with E-state index < -0.39 is 0 Å². The van der Waals surface area contributed by atoms with E-state index in [1.807, 2.05) is 60.7 Å².